The van der Waals surface area contributed by atoms with Crippen LogP contribution in [0, 0.1) is 0 Å². The van der Waals surface area contributed by atoms with Gasteiger partial charge >= 0.3 is 5.97 Å². The Bertz CT molecular complexity index is 1410. The summed E-state index contributed by atoms with van der Waals surface area (Å²) in [6.07, 6.45) is 4.85. The number of hydrogen-bond acceptors (Lipinski definition) is 6. The second kappa shape index (κ2) is 11.3. The van der Waals surface area contributed by atoms with Crippen molar-refractivity contribution < 1.29 is 23.8 Å². The highest BCUT2D eigenvalue weighted by atomic mass is 16.7. The average molecular weight is 496 g/mol. The maximum atomic E-state index is 12.3. The molecule has 0 saturated heterocycles. The number of fused-ring (bicyclic) bond motifs is 1. The SMILES string of the molecule is O=C(COC(=O)/C=C/c1cn(Cc2ccccc2)nc1-c1ccccc1)NCc1ccc2c(c1)OCO2. The molecule has 8 nitrogen and oxygen atoms in total. The van der Waals surface area contributed by atoms with E-state index in [1.807, 2.05) is 77.6 Å². The van der Waals surface area contributed by atoms with E-state index in [1.165, 1.54) is 6.08 Å². The summed E-state index contributed by atoms with van der Waals surface area (Å²) in [5.41, 5.74) is 4.43. The van der Waals surface area contributed by atoms with Gasteiger partial charge in [0.1, 0.15) is 0 Å². The van der Waals surface area contributed by atoms with E-state index in [9.17, 15) is 9.59 Å². The monoisotopic (exact) mass is 495 g/mol. The van der Waals surface area contributed by atoms with E-state index in [0.29, 0.717) is 18.0 Å². The van der Waals surface area contributed by atoms with E-state index in [-0.39, 0.29) is 19.9 Å². The van der Waals surface area contributed by atoms with Crippen LogP contribution in [-0.2, 0) is 27.4 Å². The number of aromatic nitrogens is 2. The van der Waals surface area contributed by atoms with Crippen molar-refractivity contribution in [3.63, 3.8) is 0 Å². The van der Waals surface area contributed by atoms with Gasteiger partial charge < -0.3 is 19.5 Å². The normalized spacial score (nSPS) is 12.0. The minimum Gasteiger partial charge on any atom is -0.454 e. The molecule has 0 atom stereocenters. The van der Waals surface area contributed by atoms with Gasteiger partial charge in [0.25, 0.3) is 5.91 Å². The zero-order chi connectivity index (χ0) is 25.5. The van der Waals surface area contributed by atoms with Gasteiger partial charge in [-0.1, -0.05) is 66.7 Å². The lowest BCUT2D eigenvalue weighted by Crippen LogP contribution is -2.28. The first-order valence-corrected chi connectivity index (χ1v) is 11.8. The molecule has 4 aromatic rings. The lowest BCUT2D eigenvalue weighted by molar-refractivity contribution is -0.143. The summed E-state index contributed by atoms with van der Waals surface area (Å²) < 4.78 is 17.6. The minimum absolute atomic E-state index is 0.190. The third kappa shape index (κ3) is 6.24. The maximum Gasteiger partial charge on any atom is 0.331 e. The largest absolute Gasteiger partial charge is 0.454 e. The molecule has 0 saturated carbocycles. The lowest BCUT2D eigenvalue weighted by atomic mass is 10.1. The molecule has 1 aliphatic heterocycles. The van der Waals surface area contributed by atoms with Gasteiger partial charge in [-0.3, -0.25) is 9.48 Å². The number of esters is 1. The van der Waals surface area contributed by atoms with Crippen LogP contribution >= 0.6 is 0 Å². The fraction of sp³-hybridized carbons (Fsp3) is 0.138. The van der Waals surface area contributed by atoms with Crippen molar-refractivity contribution in [3.8, 4) is 22.8 Å². The molecule has 0 aliphatic carbocycles. The molecule has 186 valence electrons. The van der Waals surface area contributed by atoms with Crippen molar-refractivity contribution in [2.24, 2.45) is 0 Å². The topological polar surface area (TPSA) is 91.7 Å². The lowest BCUT2D eigenvalue weighted by Gasteiger charge is -2.06. The molecule has 3 aromatic carbocycles. The summed E-state index contributed by atoms with van der Waals surface area (Å²) >= 11 is 0. The molecule has 1 N–H and O–H groups in total. The molecule has 37 heavy (non-hydrogen) atoms. The third-order valence-corrected chi connectivity index (χ3v) is 5.70. The molecule has 8 heteroatoms. The zero-order valence-electron chi connectivity index (χ0n) is 20.0. The van der Waals surface area contributed by atoms with Gasteiger partial charge in [-0.2, -0.15) is 5.10 Å². The number of nitrogens with one attached hydrogen (secondary N) is 1. The zero-order valence-corrected chi connectivity index (χ0v) is 20.0. The molecule has 1 amide bonds. The first-order valence-electron chi connectivity index (χ1n) is 11.8. The number of nitrogens with zero attached hydrogens (tertiary/aromatic N) is 2. The first-order chi connectivity index (χ1) is 18.1. The van der Waals surface area contributed by atoms with Gasteiger partial charge in [-0.15, -0.1) is 0 Å². The van der Waals surface area contributed by atoms with Crippen molar-refractivity contribution in [2.75, 3.05) is 13.4 Å². The molecule has 1 aliphatic rings. The fourth-order valence-corrected chi connectivity index (χ4v) is 3.88. The number of ether oxygens (including phenoxy) is 3. The first kappa shape index (κ1) is 23.9. The van der Waals surface area contributed by atoms with Crippen LogP contribution in [0.2, 0.25) is 0 Å². The van der Waals surface area contributed by atoms with E-state index in [2.05, 4.69) is 5.32 Å². The predicted molar refractivity (Wildman–Crippen MR) is 138 cm³/mol. The minimum atomic E-state index is -0.618. The summed E-state index contributed by atoms with van der Waals surface area (Å²) in [5, 5.41) is 7.46. The van der Waals surface area contributed by atoms with Crippen LogP contribution in [0.4, 0.5) is 0 Å². The third-order valence-electron chi connectivity index (χ3n) is 5.70. The second-order valence-electron chi connectivity index (χ2n) is 8.39. The molecule has 1 aromatic heterocycles. The Labute approximate surface area is 214 Å². The van der Waals surface area contributed by atoms with Gasteiger partial charge in [0.05, 0.1) is 12.2 Å². The number of rotatable bonds is 9. The van der Waals surface area contributed by atoms with E-state index in [1.54, 1.807) is 18.2 Å². The van der Waals surface area contributed by atoms with E-state index >= 15 is 0 Å². The molecule has 0 spiro atoms. The molecule has 0 unspecified atom stereocenters. The molecule has 5 rings (SSSR count). The highest BCUT2D eigenvalue weighted by Crippen LogP contribution is 2.32. The van der Waals surface area contributed by atoms with Crippen molar-refractivity contribution in [2.45, 2.75) is 13.1 Å². The summed E-state index contributed by atoms with van der Waals surface area (Å²) in [6.45, 7) is 0.689. The molecular weight excluding hydrogens is 470 g/mol. The molecule has 0 bridgehead atoms. The number of amides is 1. The van der Waals surface area contributed by atoms with Crippen molar-refractivity contribution in [1.29, 1.82) is 0 Å². The average Bonchev–Trinajstić information content (AvgIpc) is 3.57. The highest BCUT2D eigenvalue weighted by molar-refractivity contribution is 5.90. The fourth-order valence-electron chi connectivity index (χ4n) is 3.88. The van der Waals surface area contributed by atoms with Crippen LogP contribution in [-0.4, -0.2) is 35.1 Å². The second-order valence-corrected chi connectivity index (χ2v) is 8.39. The Hall–Kier alpha value is -4.85. The van der Waals surface area contributed by atoms with Crippen molar-refractivity contribution in [3.05, 3.63) is 108 Å². The summed E-state index contributed by atoms with van der Waals surface area (Å²) in [5.74, 6) is 0.301. The smallest absolute Gasteiger partial charge is 0.331 e. The summed E-state index contributed by atoms with van der Waals surface area (Å²) in [7, 11) is 0. The molecule has 0 fully saturated rings. The van der Waals surface area contributed by atoms with E-state index in [4.69, 9.17) is 19.3 Å². The van der Waals surface area contributed by atoms with Crippen LogP contribution in [0.15, 0.2) is 91.1 Å². The summed E-state index contributed by atoms with van der Waals surface area (Å²) in [4.78, 5) is 24.5. The Morgan fingerprint density at radius 3 is 2.51 bits per heavy atom. The number of hydrogen-bond donors (Lipinski definition) is 1. The van der Waals surface area contributed by atoms with Gasteiger partial charge in [0.15, 0.2) is 18.1 Å². The number of benzene rings is 3. The quantitative estimate of drug-likeness (QED) is 0.276. The van der Waals surface area contributed by atoms with Gasteiger partial charge in [0, 0.05) is 29.9 Å². The summed E-state index contributed by atoms with van der Waals surface area (Å²) in [6, 6.07) is 25.2. The van der Waals surface area contributed by atoms with Crippen molar-refractivity contribution >= 4 is 18.0 Å². The number of carbonyl (C=O) groups is 2. The Morgan fingerprint density at radius 1 is 0.946 bits per heavy atom. The van der Waals surface area contributed by atoms with Gasteiger partial charge in [0.2, 0.25) is 6.79 Å². The highest BCUT2D eigenvalue weighted by Gasteiger charge is 2.14. The Balaban J connectivity index is 1.18. The van der Waals surface area contributed by atoms with Crippen LogP contribution < -0.4 is 14.8 Å². The Morgan fingerprint density at radius 2 is 1.70 bits per heavy atom. The van der Waals surface area contributed by atoms with Crippen LogP contribution in [0.1, 0.15) is 16.7 Å². The predicted octanol–water partition coefficient (Wildman–Crippen LogP) is 4.20. The standard InChI is InChI=1S/C29H25N3O5/c33-27(30-16-22-11-13-25-26(15-22)37-20-36-25)19-35-28(34)14-12-24-18-32(17-21-7-3-1-4-8-21)31-29(24)23-9-5-2-6-10-23/h1-15,18H,16-17,19-20H2,(H,30,33)/b14-12+. The Kier molecular flexibility index (Phi) is 7.26. The van der Waals surface area contributed by atoms with Crippen LogP contribution in [0.5, 0.6) is 11.5 Å². The van der Waals surface area contributed by atoms with Crippen LogP contribution in [0.3, 0.4) is 0 Å². The van der Waals surface area contributed by atoms with E-state index in [0.717, 1.165) is 27.9 Å². The molecule has 0 radical (unpaired) electrons. The maximum absolute atomic E-state index is 12.3. The van der Waals surface area contributed by atoms with Crippen molar-refractivity contribution in [1.82, 2.24) is 15.1 Å². The van der Waals surface area contributed by atoms with Gasteiger partial charge in [-0.25, -0.2) is 4.79 Å². The molecular formula is C29H25N3O5. The molecule has 2 heterocycles. The van der Waals surface area contributed by atoms with E-state index < -0.39 is 11.9 Å². The van der Waals surface area contributed by atoms with Crippen LogP contribution in [0.25, 0.3) is 17.3 Å². The number of carbonyl (C=O) groups excluding carboxylic acids is 2. The van der Waals surface area contributed by atoms with Gasteiger partial charge in [-0.05, 0) is 29.3 Å².